The molecule has 4 nitrogen and oxygen atoms in total. The first-order valence-electron chi connectivity index (χ1n) is 6.75. The van der Waals surface area contributed by atoms with Crippen LogP contribution in [-0.4, -0.2) is 5.91 Å². The van der Waals surface area contributed by atoms with Crippen LogP contribution in [0.1, 0.15) is 10.6 Å². The maximum absolute atomic E-state index is 12.2. The molecule has 3 N–H and O–H groups in total. The van der Waals surface area contributed by atoms with Crippen molar-refractivity contribution in [3.05, 3.63) is 69.9 Å². The van der Waals surface area contributed by atoms with Gasteiger partial charge in [-0.15, -0.1) is 0 Å². The highest BCUT2D eigenvalue weighted by Crippen LogP contribution is 2.27. The van der Waals surface area contributed by atoms with Crippen LogP contribution in [0.5, 0.6) is 0 Å². The first-order valence-corrected chi connectivity index (χ1v) is 7.92. The van der Waals surface area contributed by atoms with E-state index in [0.717, 1.165) is 10.0 Å². The van der Waals surface area contributed by atoms with Gasteiger partial charge >= 0.3 is 0 Å². The van der Waals surface area contributed by atoms with Crippen LogP contribution < -0.4 is 11.1 Å². The van der Waals surface area contributed by atoms with Gasteiger partial charge in [0.15, 0.2) is 5.76 Å². The Morgan fingerprint density at radius 3 is 2.52 bits per heavy atom. The summed E-state index contributed by atoms with van der Waals surface area (Å²) >= 11 is 9.43. The average Bonchev–Trinajstić information content (AvgIpc) is 3.01. The lowest BCUT2D eigenvalue weighted by Crippen LogP contribution is -2.11. The third-order valence-corrected chi connectivity index (χ3v) is 4.04. The predicted octanol–water partition coefficient (Wildman–Crippen LogP) is 5.20. The molecule has 23 heavy (non-hydrogen) atoms. The Bertz CT molecular complexity index is 859. The van der Waals surface area contributed by atoms with E-state index in [9.17, 15) is 4.79 Å². The number of nitrogens with two attached hydrogens (primary N) is 1. The zero-order valence-corrected chi connectivity index (χ0v) is 14.2. The third-order valence-electron chi connectivity index (χ3n) is 3.20. The van der Waals surface area contributed by atoms with Crippen LogP contribution in [0.4, 0.5) is 11.4 Å². The molecule has 0 fully saturated rings. The molecule has 3 rings (SSSR count). The SMILES string of the molecule is Nc1ccc(NC(=O)c2ccc(-c3ccc(Br)cc3)o2)c(Cl)c1. The number of amides is 1. The topological polar surface area (TPSA) is 68.3 Å². The number of nitrogens with one attached hydrogen (secondary N) is 1. The van der Waals surface area contributed by atoms with Crippen molar-refractivity contribution in [2.45, 2.75) is 0 Å². The highest BCUT2D eigenvalue weighted by Gasteiger charge is 2.14. The average molecular weight is 392 g/mol. The predicted molar refractivity (Wildman–Crippen MR) is 95.7 cm³/mol. The fourth-order valence-corrected chi connectivity index (χ4v) is 2.55. The largest absolute Gasteiger partial charge is 0.451 e. The fourth-order valence-electron chi connectivity index (χ4n) is 2.05. The number of anilines is 2. The van der Waals surface area contributed by atoms with Gasteiger partial charge < -0.3 is 15.5 Å². The molecular weight excluding hydrogens is 380 g/mol. The molecule has 3 aromatic rings. The van der Waals surface area contributed by atoms with Gasteiger partial charge in [0, 0.05) is 15.7 Å². The molecule has 2 aromatic carbocycles. The number of carbonyl (C=O) groups excluding carboxylic acids is 1. The van der Waals surface area contributed by atoms with Crippen molar-refractivity contribution in [1.29, 1.82) is 0 Å². The van der Waals surface area contributed by atoms with Crippen LogP contribution >= 0.6 is 27.5 Å². The Balaban J connectivity index is 1.79. The molecule has 0 aliphatic rings. The lowest BCUT2D eigenvalue weighted by molar-refractivity contribution is 0.0997. The van der Waals surface area contributed by atoms with E-state index in [4.69, 9.17) is 21.8 Å². The molecule has 1 amide bonds. The van der Waals surface area contributed by atoms with Crippen molar-refractivity contribution in [2.24, 2.45) is 0 Å². The second-order valence-corrected chi connectivity index (χ2v) is 6.19. The summed E-state index contributed by atoms with van der Waals surface area (Å²) < 4.78 is 6.59. The molecule has 0 aliphatic carbocycles. The summed E-state index contributed by atoms with van der Waals surface area (Å²) in [6.45, 7) is 0. The van der Waals surface area contributed by atoms with Gasteiger partial charge in [-0.25, -0.2) is 0 Å². The molecule has 6 heteroatoms. The normalized spacial score (nSPS) is 10.5. The summed E-state index contributed by atoms with van der Waals surface area (Å²) in [5.41, 5.74) is 7.53. The number of halogens is 2. The minimum atomic E-state index is -0.375. The number of carbonyl (C=O) groups is 1. The summed E-state index contributed by atoms with van der Waals surface area (Å²) in [5, 5.41) is 3.07. The Morgan fingerprint density at radius 2 is 1.83 bits per heavy atom. The number of hydrogen-bond acceptors (Lipinski definition) is 3. The van der Waals surface area contributed by atoms with Gasteiger partial charge in [-0.05, 0) is 42.5 Å². The summed E-state index contributed by atoms with van der Waals surface area (Å²) in [7, 11) is 0. The van der Waals surface area contributed by atoms with Gasteiger partial charge in [-0.3, -0.25) is 4.79 Å². The summed E-state index contributed by atoms with van der Waals surface area (Å²) in [6, 6.07) is 15.9. The molecule has 0 bridgehead atoms. The van der Waals surface area contributed by atoms with Crippen molar-refractivity contribution in [1.82, 2.24) is 0 Å². The van der Waals surface area contributed by atoms with Crippen LogP contribution in [0.3, 0.4) is 0 Å². The molecule has 1 heterocycles. The Labute approximate surface area is 146 Å². The van der Waals surface area contributed by atoms with E-state index in [2.05, 4.69) is 21.2 Å². The standard InChI is InChI=1S/C17H12BrClN2O2/c18-11-3-1-10(2-4-11)15-7-8-16(23-15)17(22)21-14-6-5-12(20)9-13(14)19/h1-9H,20H2,(H,21,22). The number of nitrogen functional groups attached to an aromatic ring is 1. The molecule has 0 aliphatic heterocycles. The summed E-state index contributed by atoms with van der Waals surface area (Å²) in [5.74, 6) is 0.446. The van der Waals surface area contributed by atoms with Gasteiger partial charge in [-0.2, -0.15) is 0 Å². The van der Waals surface area contributed by atoms with E-state index in [1.807, 2.05) is 24.3 Å². The van der Waals surface area contributed by atoms with Gasteiger partial charge in [0.2, 0.25) is 0 Å². The van der Waals surface area contributed by atoms with E-state index < -0.39 is 0 Å². The second kappa shape index (κ2) is 6.48. The zero-order chi connectivity index (χ0) is 16.4. The van der Waals surface area contributed by atoms with Crippen LogP contribution in [0.2, 0.25) is 5.02 Å². The monoisotopic (exact) mass is 390 g/mol. The molecule has 1 aromatic heterocycles. The van der Waals surface area contributed by atoms with Gasteiger partial charge in [0.25, 0.3) is 5.91 Å². The minimum Gasteiger partial charge on any atom is -0.451 e. The highest BCUT2D eigenvalue weighted by molar-refractivity contribution is 9.10. The van der Waals surface area contributed by atoms with E-state index >= 15 is 0 Å². The number of hydrogen-bond donors (Lipinski definition) is 2. The highest BCUT2D eigenvalue weighted by atomic mass is 79.9. The molecule has 0 radical (unpaired) electrons. The van der Waals surface area contributed by atoms with Crippen molar-refractivity contribution >= 4 is 44.8 Å². The second-order valence-electron chi connectivity index (χ2n) is 4.86. The number of benzene rings is 2. The van der Waals surface area contributed by atoms with Gasteiger partial charge in [0.05, 0.1) is 10.7 Å². The van der Waals surface area contributed by atoms with Crippen LogP contribution in [0.15, 0.2) is 63.5 Å². The number of rotatable bonds is 3. The molecule has 0 saturated carbocycles. The summed E-state index contributed by atoms with van der Waals surface area (Å²) in [6.07, 6.45) is 0. The van der Waals surface area contributed by atoms with Crippen molar-refractivity contribution < 1.29 is 9.21 Å². The minimum absolute atomic E-state index is 0.204. The van der Waals surface area contributed by atoms with Crippen molar-refractivity contribution in [3.63, 3.8) is 0 Å². The molecule has 116 valence electrons. The molecule has 0 spiro atoms. The lowest BCUT2D eigenvalue weighted by Gasteiger charge is -2.06. The third kappa shape index (κ3) is 3.57. The molecule has 0 saturated heterocycles. The summed E-state index contributed by atoms with van der Waals surface area (Å²) in [4.78, 5) is 12.2. The molecule has 0 atom stereocenters. The Morgan fingerprint density at radius 1 is 1.09 bits per heavy atom. The van der Waals surface area contributed by atoms with Gasteiger partial charge in [0.1, 0.15) is 5.76 Å². The van der Waals surface area contributed by atoms with E-state index in [1.165, 1.54) is 0 Å². The van der Waals surface area contributed by atoms with Crippen LogP contribution in [0.25, 0.3) is 11.3 Å². The van der Waals surface area contributed by atoms with E-state index in [0.29, 0.717) is 22.2 Å². The smallest absolute Gasteiger partial charge is 0.291 e. The lowest BCUT2D eigenvalue weighted by atomic mass is 10.2. The van der Waals surface area contributed by atoms with Crippen molar-refractivity contribution in [2.75, 3.05) is 11.1 Å². The first-order chi connectivity index (χ1) is 11.0. The fraction of sp³-hybridized carbons (Fsp3) is 0. The first kappa shape index (κ1) is 15.6. The van der Waals surface area contributed by atoms with Crippen LogP contribution in [0, 0.1) is 0 Å². The number of furan rings is 1. The maximum Gasteiger partial charge on any atom is 0.291 e. The molecular formula is C17H12BrClN2O2. The Kier molecular flexibility index (Phi) is 4.41. The van der Waals surface area contributed by atoms with Crippen molar-refractivity contribution in [3.8, 4) is 11.3 Å². The van der Waals surface area contributed by atoms with Crippen LogP contribution in [-0.2, 0) is 0 Å². The quantitative estimate of drug-likeness (QED) is 0.603. The maximum atomic E-state index is 12.2. The van der Waals surface area contributed by atoms with E-state index in [1.54, 1.807) is 30.3 Å². The van der Waals surface area contributed by atoms with Gasteiger partial charge in [-0.1, -0.05) is 39.7 Å². The molecule has 0 unspecified atom stereocenters. The zero-order valence-electron chi connectivity index (χ0n) is 11.8. The van der Waals surface area contributed by atoms with E-state index in [-0.39, 0.29) is 11.7 Å². The Hall–Kier alpha value is -2.24.